The van der Waals surface area contributed by atoms with Gasteiger partial charge in [-0.25, -0.2) is 4.98 Å². The van der Waals surface area contributed by atoms with Crippen LogP contribution in [-0.4, -0.2) is 60.0 Å². The smallest absolute Gasteiger partial charge is 0.227 e. The van der Waals surface area contributed by atoms with Gasteiger partial charge in [-0.05, 0) is 19.4 Å². The van der Waals surface area contributed by atoms with E-state index in [2.05, 4.69) is 32.4 Å². The minimum absolute atomic E-state index is 0. The molecular weight excluding hydrogens is 355 g/mol. The van der Waals surface area contributed by atoms with E-state index < -0.39 is 0 Å². The van der Waals surface area contributed by atoms with Gasteiger partial charge in [-0.15, -0.1) is 36.2 Å². The molecule has 3 rings (SSSR count). The van der Waals surface area contributed by atoms with Gasteiger partial charge in [-0.2, -0.15) is 0 Å². The molecule has 2 saturated heterocycles. The largest absolute Gasteiger partial charge is 0.340 e. The van der Waals surface area contributed by atoms with Crippen molar-refractivity contribution in [3.63, 3.8) is 0 Å². The molecule has 3 heterocycles. The molecule has 1 N–H and O–H groups in total. The van der Waals surface area contributed by atoms with E-state index in [1.54, 1.807) is 11.3 Å². The number of aromatic nitrogens is 1. The monoisotopic (exact) mass is 380 g/mol. The number of carbonyl (C=O) groups is 1. The molecule has 0 saturated carbocycles. The normalized spacial score (nSPS) is 24.9. The molecule has 0 unspecified atom stereocenters. The van der Waals surface area contributed by atoms with Gasteiger partial charge < -0.3 is 10.2 Å². The van der Waals surface area contributed by atoms with Crippen LogP contribution < -0.4 is 5.32 Å². The van der Waals surface area contributed by atoms with Crippen molar-refractivity contribution in [2.75, 3.05) is 39.3 Å². The minimum Gasteiger partial charge on any atom is -0.340 e. The number of halogens is 2. The van der Waals surface area contributed by atoms with Crippen molar-refractivity contribution in [3.8, 4) is 0 Å². The molecule has 0 aromatic carbocycles. The SMILES string of the molecule is Cc1nc(CN2CCN(C(=O)[C@@H]3CNC[C@H]3C)CC2)cs1.Cl.Cl. The number of aryl methyl sites for hydroxylation is 1. The number of thiazole rings is 1. The zero-order valence-electron chi connectivity index (χ0n) is 13.7. The average Bonchev–Trinajstić information content (AvgIpc) is 3.08. The molecule has 132 valence electrons. The second kappa shape index (κ2) is 9.18. The van der Waals surface area contributed by atoms with E-state index >= 15 is 0 Å². The lowest BCUT2D eigenvalue weighted by Crippen LogP contribution is -2.50. The first-order valence-corrected chi connectivity index (χ1v) is 8.64. The van der Waals surface area contributed by atoms with Gasteiger partial charge in [0.2, 0.25) is 5.91 Å². The van der Waals surface area contributed by atoms with Gasteiger partial charge in [0.05, 0.1) is 16.6 Å². The van der Waals surface area contributed by atoms with Gasteiger partial charge in [-0.1, -0.05) is 6.92 Å². The number of hydrogen-bond acceptors (Lipinski definition) is 5. The summed E-state index contributed by atoms with van der Waals surface area (Å²) in [5.74, 6) is 0.989. The Balaban J connectivity index is 0.00000132. The summed E-state index contributed by atoms with van der Waals surface area (Å²) in [6.45, 7) is 10.6. The Bertz CT molecular complexity index is 505. The zero-order valence-corrected chi connectivity index (χ0v) is 16.1. The molecule has 0 aliphatic carbocycles. The fraction of sp³-hybridized carbons (Fsp3) is 0.733. The highest BCUT2D eigenvalue weighted by Crippen LogP contribution is 2.20. The number of hydrogen-bond donors (Lipinski definition) is 1. The van der Waals surface area contributed by atoms with Crippen molar-refractivity contribution in [2.45, 2.75) is 20.4 Å². The van der Waals surface area contributed by atoms with Gasteiger partial charge in [-0.3, -0.25) is 9.69 Å². The first-order chi connectivity index (χ1) is 10.1. The molecule has 1 amide bonds. The predicted molar refractivity (Wildman–Crippen MR) is 98.7 cm³/mol. The lowest BCUT2D eigenvalue weighted by Gasteiger charge is -2.36. The molecule has 2 aliphatic heterocycles. The summed E-state index contributed by atoms with van der Waals surface area (Å²) in [6, 6.07) is 0. The van der Waals surface area contributed by atoms with E-state index in [1.807, 2.05) is 6.92 Å². The number of nitrogens with zero attached hydrogens (tertiary/aromatic N) is 3. The maximum absolute atomic E-state index is 12.5. The second-order valence-electron chi connectivity index (χ2n) is 6.20. The molecule has 1 aromatic rings. The maximum Gasteiger partial charge on any atom is 0.227 e. The van der Waals surface area contributed by atoms with Gasteiger partial charge in [0.15, 0.2) is 0 Å². The molecule has 0 spiro atoms. The van der Waals surface area contributed by atoms with Crippen LogP contribution in [-0.2, 0) is 11.3 Å². The van der Waals surface area contributed by atoms with Gasteiger partial charge in [0.1, 0.15) is 0 Å². The highest BCUT2D eigenvalue weighted by Gasteiger charge is 2.33. The highest BCUT2D eigenvalue weighted by atomic mass is 35.5. The van der Waals surface area contributed by atoms with E-state index in [0.717, 1.165) is 56.5 Å². The standard InChI is InChI=1S/C15H24N4OS.2ClH/c1-11-7-16-8-14(11)15(20)19-5-3-18(4-6-19)9-13-10-21-12(2)17-13;;/h10-11,14,16H,3-9H2,1-2H3;2*1H/t11-,14-;;/m1../s1. The van der Waals surface area contributed by atoms with Crippen LogP contribution in [0.3, 0.4) is 0 Å². The van der Waals surface area contributed by atoms with Crippen LogP contribution in [0.15, 0.2) is 5.38 Å². The molecule has 1 aromatic heterocycles. The third-order valence-electron chi connectivity index (χ3n) is 4.57. The van der Waals surface area contributed by atoms with Crippen molar-refractivity contribution in [2.24, 2.45) is 11.8 Å². The van der Waals surface area contributed by atoms with Crippen LogP contribution in [0.1, 0.15) is 17.6 Å². The van der Waals surface area contributed by atoms with Gasteiger partial charge >= 0.3 is 0 Å². The van der Waals surface area contributed by atoms with E-state index in [1.165, 1.54) is 0 Å². The Hall–Kier alpha value is -0.400. The lowest BCUT2D eigenvalue weighted by molar-refractivity contribution is -0.137. The number of rotatable bonds is 3. The van der Waals surface area contributed by atoms with Crippen molar-refractivity contribution < 1.29 is 4.79 Å². The van der Waals surface area contributed by atoms with Crippen LogP contribution in [0.2, 0.25) is 0 Å². The Labute approximate surface area is 154 Å². The summed E-state index contributed by atoms with van der Waals surface area (Å²) in [7, 11) is 0. The van der Waals surface area contributed by atoms with Crippen LogP contribution in [0.4, 0.5) is 0 Å². The molecule has 8 heteroatoms. The van der Waals surface area contributed by atoms with Crippen molar-refractivity contribution in [1.82, 2.24) is 20.1 Å². The van der Waals surface area contributed by atoms with Gasteiger partial charge in [0.25, 0.3) is 0 Å². The van der Waals surface area contributed by atoms with Crippen molar-refractivity contribution in [1.29, 1.82) is 0 Å². The molecule has 2 aliphatic rings. The van der Waals surface area contributed by atoms with Crippen LogP contribution in [0, 0.1) is 18.8 Å². The Morgan fingerprint density at radius 2 is 2.00 bits per heavy atom. The third-order valence-corrected chi connectivity index (χ3v) is 5.39. The lowest BCUT2D eigenvalue weighted by atomic mass is 9.96. The third kappa shape index (κ3) is 5.03. The number of carbonyl (C=O) groups excluding carboxylic acids is 1. The molecular formula is C15H26Cl2N4OS. The summed E-state index contributed by atoms with van der Waals surface area (Å²) in [5.41, 5.74) is 1.16. The van der Waals surface area contributed by atoms with E-state index in [4.69, 9.17) is 0 Å². The second-order valence-corrected chi connectivity index (χ2v) is 7.26. The van der Waals surface area contributed by atoms with E-state index in [9.17, 15) is 4.79 Å². The van der Waals surface area contributed by atoms with Gasteiger partial charge in [0, 0.05) is 44.6 Å². The molecule has 0 radical (unpaired) electrons. The first kappa shape index (κ1) is 20.6. The highest BCUT2D eigenvalue weighted by molar-refractivity contribution is 7.09. The number of nitrogens with one attached hydrogen (secondary N) is 1. The summed E-state index contributed by atoms with van der Waals surface area (Å²) in [5, 5.41) is 6.58. The molecule has 2 fully saturated rings. The Morgan fingerprint density at radius 1 is 1.30 bits per heavy atom. The Morgan fingerprint density at radius 3 is 2.52 bits per heavy atom. The molecule has 5 nitrogen and oxygen atoms in total. The Kier molecular flexibility index (Phi) is 8.24. The maximum atomic E-state index is 12.5. The molecule has 2 atom stereocenters. The predicted octanol–water partition coefficient (Wildman–Crippen LogP) is 1.79. The fourth-order valence-electron chi connectivity index (χ4n) is 3.21. The summed E-state index contributed by atoms with van der Waals surface area (Å²) < 4.78 is 0. The topological polar surface area (TPSA) is 48.5 Å². The fourth-order valence-corrected chi connectivity index (χ4v) is 3.82. The number of piperazine rings is 1. The van der Waals surface area contributed by atoms with E-state index in [0.29, 0.717) is 11.8 Å². The minimum atomic E-state index is 0. The van der Waals surface area contributed by atoms with Crippen molar-refractivity contribution >= 4 is 42.1 Å². The zero-order chi connectivity index (χ0) is 14.8. The molecule has 23 heavy (non-hydrogen) atoms. The molecule has 0 bridgehead atoms. The summed E-state index contributed by atoms with van der Waals surface area (Å²) in [4.78, 5) is 21.5. The van der Waals surface area contributed by atoms with Crippen LogP contribution in [0.5, 0.6) is 0 Å². The quantitative estimate of drug-likeness (QED) is 0.868. The summed E-state index contributed by atoms with van der Waals surface area (Å²) in [6.07, 6.45) is 0. The first-order valence-electron chi connectivity index (χ1n) is 7.76. The van der Waals surface area contributed by atoms with E-state index in [-0.39, 0.29) is 30.7 Å². The van der Waals surface area contributed by atoms with Crippen LogP contribution >= 0.6 is 36.2 Å². The summed E-state index contributed by atoms with van der Waals surface area (Å²) >= 11 is 1.71. The average molecular weight is 381 g/mol. The number of amides is 1. The van der Waals surface area contributed by atoms with Crippen LogP contribution in [0.25, 0.3) is 0 Å². The van der Waals surface area contributed by atoms with Crippen molar-refractivity contribution in [3.05, 3.63) is 16.1 Å².